The Kier molecular flexibility index (Phi) is 5.43. The van der Waals surface area contributed by atoms with Gasteiger partial charge in [0, 0.05) is 15.5 Å². The van der Waals surface area contributed by atoms with Gasteiger partial charge in [-0.1, -0.05) is 33.6 Å². The Balaban J connectivity index is 2.69. The van der Waals surface area contributed by atoms with Gasteiger partial charge in [0.25, 0.3) is 0 Å². The maximum Gasteiger partial charge on any atom is 0.319 e. The molecule has 1 aromatic carbocycles. The Morgan fingerprint density at radius 2 is 2.00 bits per heavy atom. The van der Waals surface area contributed by atoms with Crippen molar-refractivity contribution in [1.82, 2.24) is 5.32 Å². The van der Waals surface area contributed by atoms with E-state index in [1.165, 1.54) is 0 Å². The summed E-state index contributed by atoms with van der Waals surface area (Å²) in [4.78, 5) is 0. The average Bonchev–Trinajstić information content (AvgIpc) is 2.25. The first-order chi connectivity index (χ1) is 8.24. The predicted molar refractivity (Wildman–Crippen MR) is 66.5 cm³/mol. The van der Waals surface area contributed by atoms with Gasteiger partial charge in [0.1, 0.15) is 0 Å². The first kappa shape index (κ1) is 15.7. The fourth-order valence-corrected chi connectivity index (χ4v) is 2.17. The van der Waals surface area contributed by atoms with E-state index < -0.39 is 24.9 Å². The molecule has 1 rings (SSSR count). The minimum absolute atomic E-state index is 0.379. The van der Waals surface area contributed by atoms with Crippen LogP contribution in [-0.2, 0) is 0 Å². The van der Waals surface area contributed by atoms with Crippen LogP contribution in [0.15, 0.2) is 22.7 Å². The summed E-state index contributed by atoms with van der Waals surface area (Å²) < 4.78 is 50.2. The van der Waals surface area contributed by atoms with Gasteiger partial charge < -0.3 is 5.32 Å². The summed E-state index contributed by atoms with van der Waals surface area (Å²) in [7, 11) is 0. The molecule has 0 radical (unpaired) electrons. The minimum atomic E-state index is -4.05. The van der Waals surface area contributed by atoms with Gasteiger partial charge in [-0.15, -0.1) is 0 Å². The number of nitrogens with one attached hydrogen (secondary N) is 1. The Labute approximate surface area is 116 Å². The van der Waals surface area contributed by atoms with Crippen molar-refractivity contribution in [2.75, 3.05) is 6.54 Å². The molecule has 0 spiro atoms. The quantitative estimate of drug-likeness (QED) is 0.764. The second-order valence-corrected chi connectivity index (χ2v) is 5.15. The van der Waals surface area contributed by atoms with E-state index in [1.54, 1.807) is 25.1 Å². The lowest BCUT2D eigenvalue weighted by Crippen LogP contribution is -2.39. The number of alkyl halides is 4. The Bertz CT molecular complexity index is 414. The largest absolute Gasteiger partial charge is 0.319 e. The second kappa shape index (κ2) is 6.21. The maximum absolute atomic E-state index is 12.7. The van der Waals surface area contributed by atoms with E-state index in [1.807, 2.05) is 0 Å². The number of halogens is 6. The third-order valence-corrected chi connectivity index (χ3v) is 3.21. The van der Waals surface area contributed by atoms with Crippen molar-refractivity contribution in [3.63, 3.8) is 0 Å². The second-order valence-electron chi connectivity index (χ2n) is 3.83. The summed E-state index contributed by atoms with van der Waals surface area (Å²) in [6, 6.07) is 4.41. The molecule has 0 fully saturated rings. The summed E-state index contributed by atoms with van der Waals surface area (Å²) in [5.74, 6) is -4.05. The molecule has 0 aliphatic heterocycles. The zero-order valence-electron chi connectivity index (χ0n) is 9.36. The van der Waals surface area contributed by atoms with E-state index in [9.17, 15) is 17.6 Å². The van der Waals surface area contributed by atoms with Crippen LogP contribution in [0.5, 0.6) is 0 Å². The molecule has 102 valence electrons. The molecule has 0 aromatic heterocycles. The molecule has 0 aliphatic rings. The monoisotopic (exact) mass is 347 g/mol. The van der Waals surface area contributed by atoms with E-state index in [-0.39, 0.29) is 0 Å². The van der Waals surface area contributed by atoms with Crippen molar-refractivity contribution in [3.05, 3.63) is 33.3 Å². The van der Waals surface area contributed by atoms with E-state index in [0.717, 1.165) is 4.47 Å². The smallest absolute Gasteiger partial charge is 0.304 e. The highest BCUT2D eigenvalue weighted by Gasteiger charge is 2.40. The number of benzene rings is 1. The molecule has 0 heterocycles. The van der Waals surface area contributed by atoms with Crippen molar-refractivity contribution in [1.29, 1.82) is 0 Å². The highest BCUT2D eigenvalue weighted by molar-refractivity contribution is 9.10. The van der Waals surface area contributed by atoms with E-state index in [2.05, 4.69) is 21.2 Å². The third kappa shape index (κ3) is 4.10. The van der Waals surface area contributed by atoms with E-state index >= 15 is 0 Å². The van der Waals surface area contributed by atoms with Crippen molar-refractivity contribution in [3.8, 4) is 0 Å². The Morgan fingerprint density at radius 3 is 2.50 bits per heavy atom. The number of hydrogen-bond donors (Lipinski definition) is 1. The van der Waals surface area contributed by atoms with Gasteiger partial charge in [-0.25, -0.2) is 8.78 Å². The van der Waals surface area contributed by atoms with E-state index in [4.69, 9.17) is 11.6 Å². The molecule has 0 bridgehead atoms. The van der Waals surface area contributed by atoms with Gasteiger partial charge in [0.2, 0.25) is 0 Å². The standard InChI is InChI=1S/C11H11BrClF4N/c1-6(18-5-11(16,17)10(14)15)8-3-2-7(12)4-9(8)13/h2-4,6,10,18H,5H2,1H3. The van der Waals surface area contributed by atoms with Crippen molar-refractivity contribution >= 4 is 27.5 Å². The lowest BCUT2D eigenvalue weighted by Gasteiger charge is -2.20. The van der Waals surface area contributed by atoms with Crippen molar-refractivity contribution < 1.29 is 17.6 Å². The molecule has 0 saturated carbocycles. The van der Waals surface area contributed by atoms with Gasteiger partial charge in [-0.05, 0) is 24.6 Å². The molecule has 18 heavy (non-hydrogen) atoms. The first-order valence-electron chi connectivity index (χ1n) is 5.08. The normalized spacial score (nSPS) is 14.0. The topological polar surface area (TPSA) is 12.0 Å². The lowest BCUT2D eigenvalue weighted by atomic mass is 10.1. The first-order valence-corrected chi connectivity index (χ1v) is 6.25. The summed E-state index contributed by atoms with van der Waals surface area (Å²) in [5.41, 5.74) is 0.574. The van der Waals surface area contributed by atoms with Gasteiger partial charge in [0.15, 0.2) is 0 Å². The molecular weight excluding hydrogens is 337 g/mol. The number of rotatable bonds is 5. The highest BCUT2D eigenvalue weighted by atomic mass is 79.9. The van der Waals surface area contributed by atoms with Crippen molar-refractivity contribution in [2.45, 2.75) is 25.3 Å². The van der Waals surface area contributed by atoms with Crippen LogP contribution in [0.2, 0.25) is 5.02 Å². The van der Waals surface area contributed by atoms with Crippen LogP contribution in [0.1, 0.15) is 18.5 Å². The summed E-state index contributed by atoms with van der Waals surface area (Å²) in [6.07, 6.45) is -3.68. The zero-order valence-corrected chi connectivity index (χ0v) is 11.7. The maximum atomic E-state index is 12.7. The summed E-state index contributed by atoms with van der Waals surface area (Å²) in [5, 5.41) is 2.73. The van der Waals surface area contributed by atoms with Gasteiger partial charge in [-0.2, -0.15) is 8.78 Å². The van der Waals surface area contributed by atoms with Crippen LogP contribution in [0.3, 0.4) is 0 Å². The SMILES string of the molecule is CC(NCC(F)(F)C(F)F)c1ccc(Br)cc1Cl. The van der Waals surface area contributed by atoms with Crippen molar-refractivity contribution in [2.24, 2.45) is 0 Å². The molecule has 0 aliphatic carbocycles. The number of hydrogen-bond acceptors (Lipinski definition) is 1. The molecule has 1 atom stereocenters. The Hall–Kier alpha value is -0.330. The third-order valence-electron chi connectivity index (χ3n) is 2.39. The molecule has 0 amide bonds. The molecule has 0 saturated heterocycles. The molecule has 1 N–H and O–H groups in total. The predicted octanol–water partition coefficient (Wildman–Crippen LogP) is 4.65. The van der Waals surface area contributed by atoms with Gasteiger partial charge >= 0.3 is 12.3 Å². The van der Waals surface area contributed by atoms with Crippen LogP contribution < -0.4 is 5.32 Å². The minimum Gasteiger partial charge on any atom is -0.304 e. The van der Waals surface area contributed by atoms with Crippen LogP contribution in [-0.4, -0.2) is 18.9 Å². The van der Waals surface area contributed by atoms with Crippen LogP contribution in [0.25, 0.3) is 0 Å². The molecule has 7 heteroatoms. The molecule has 1 unspecified atom stereocenters. The van der Waals surface area contributed by atoms with E-state index in [0.29, 0.717) is 10.6 Å². The van der Waals surface area contributed by atoms with Gasteiger partial charge in [0.05, 0.1) is 6.54 Å². The molecular formula is C11H11BrClF4N. The average molecular weight is 349 g/mol. The molecule has 1 nitrogen and oxygen atoms in total. The Morgan fingerprint density at radius 1 is 1.39 bits per heavy atom. The summed E-state index contributed by atoms with van der Waals surface area (Å²) in [6.45, 7) is 0.481. The summed E-state index contributed by atoms with van der Waals surface area (Å²) >= 11 is 9.14. The zero-order chi connectivity index (χ0) is 13.9. The van der Waals surface area contributed by atoms with Crippen LogP contribution >= 0.6 is 27.5 Å². The van der Waals surface area contributed by atoms with Gasteiger partial charge in [-0.3, -0.25) is 0 Å². The fraction of sp³-hybridized carbons (Fsp3) is 0.455. The van der Waals surface area contributed by atoms with Crippen LogP contribution in [0, 0.1) is 0 Å². The molecule has 1 aromatic rings. The highest BCUT2D eigenvalue weighted by Crippen LogP contribution is 2.28. The fourth-order valence-electron chi connectivity index (χ4n) is 1.33. The van der Waals surface area contributed by atoms with Crippen LogP contribution in [0.4, 0.5) is 17.6 Å². The lowest BCUT2D eigenvalue weighted by molar-refractivity contribution is -0.126.